The van der Waals surface area contributed by atoms with Crippen molar-refractivity contribution in [1.29, 1.82) is 0 Å². The lowest BCUT2D eigenvalue weighted by atomic mass is 10.5. The fourth-order valence-electron chi connectivity index (χ4n) is 0.961. The van der Waals surface area contributed by atoms with Crippen molar-refractivity contribution >= 4 is 39.0 Å². The highest BCUT2D eigenvalue weighted by Crippen LogP contribution is 2.29. The second kappa shape index (κ2) is 4.46. The van der Waals surface area contributed by atoms with Gasteiger partial charge in [-0.2, -0.15) is 0 Å². The van der Waals surface area contributed by atoms with E-state index in [1.165, 1.54) is 9.35 Å². The van der Waals surface area contributed by atoms with Crippen LogP contribution in [0.15, 0.2) is 27.4 Å². The third kappa shape index (κ3) is 2.18. The molecule has 74 valence electrons. The number of nitrogens with zero attached hydrogens (tertiary/aromatic N) is 3. The lowest BCUT2D eigenvalue weighted by molar-refractivity contribution is 0.788. The molecule has 6 heteroatoms. The van der Waals surface area contributed by atoms with E-state index in [2.05, 4.69) is 37.6 Å². The van der Waals surface area contributed by atoms with Gasteiger partial charge in [0.25, 0.3) is 0 Å². The van der Waals surface area contributed by atoms with Gasteiger partial charge < -0.3 is 4.57 Å². The molecule has 0 aromatic carbocycles. The fraction of sp³-hybridized carbons (Fsp3) is 0.250. The Morgan fingerprint density at radius 1 is 1.64 bits per heavy atom. The molecule has 0 aliphatic heterocycles. The molecule has 0 fully saturated rings. The van der Waals surface area contributed by atoms with Crippen molar-refractivity contribution in [3.8, 4) is 0 Å². The van der Waals surface area contributed by atoms with Gasteiger partial charge in [0.15, 0.2) is 5.16 Å². The largest absolute Gasteiger partial charge is 0.312 e. The van der Waals surface area contributed by atoms with Crippen LogP contribution >= 0.6 is 39.0 Å². The molecule has 0 spiro atoms. The normalized spacial score (nSPS) is 10.7. The van der Waals surface area contributed by atoms with Crippen molar-refractivity contribution in [3.63, 3.8) is 0 Å². The van der Waals surface area contributed by atoms with Gasteiger partial charge in [0, 0.05) is 22.2 Å². The van der Waals surface area contributed by atoms with Gasteiger partial charge in [0.05, 0.1) is 0 Å². The van der Waals surface area contributed by atoms with Crippen molar-refractivity contribution in [3.05, 3.63) is 27.1 Å². The minimum absolute atomic E-state index is 0.935. The van der Waals surface area contributed by atoms with Crippen molar-refractivity contribution in [2.45, 2.75) is 10.9 Å². The van der Waals surface area contributed by atoms with Crippen LogP contribution in [0.4, 0.5) is 0 Å². The first-order chi connectivity index (χ1) is 6.77. The number of thiophene rings is 1. The number of hydrogen-bond acceptors (Lipinski definition) is 4. The third-order valence-electron chi connectivity index (χ3n) is 1.69. The average molecular weight is 290 g/mol. The summed E-state index contributed by atoms with van der Waals surface area (Å²) in [6.45, 7) is 0. The Bertz CT molecular complexity index is 383. The first kappa shape index (κ1) is 10.2. The highest BCUT2D eigenvalue weighted by Gasteiger charge is 2.05. The second-order valence-electron chi connectivity index (χ2n) is 2.70. The standard InChI is InChI=1S/C8H8BrN3S2/c1-12-5-10-11-8(12)14-4-7-6(9)2-3-13-7/h2-3,5H,4H2,1H3. The summed E-state index contributed by atoms with van der Waals surface area (Å²) >= 11 is 6.95. The van der Waals surface area contributed by atoms with Crippen LogP contribution < -0.4 is 0 Å². The Morgan fingerprint density at radius 3 is 3.07 bits per heavy atom. The average Bonchev–Trinajstić information content (AvgIpc) is 2.72. The number of thioether (sulfide) groups is 1. The maximum Gasteiger partial charge on any atom is 0.191 e. The molecular weight excluding hydrogens is 282 g/mol. The van der Waals surface area contributed by atoms with Gasteiger partial charge in [-0.25, -0.2) is 0 Å². The first-order valence-corrected chi connectivity index (χ1v) is 6.62. The SMILES string of the molecule is Cn1cnnc1SCc1sccc1Br. The van der Waals surface area contributed by atoms with Crippen LogP contribution in [0.1, 0.15) is 4.88 Å². The Labute approximate surface area is 98.7 Å². The molecule has 0 radical (unpaired) electrons. The Hall–Kier alpha value is -0.330. The summed E-state index contributed by atoms with van der Waals surface area (Å²) in [5.74, 6) is 0.935. The van der Waals surface area contributed by atoms with Crippen molar-refractivity contribution in [2.24, 2.45) is 7.05 Å². The van der Waals surface area contributed by atoms with Crippen molar-refractivity contribution < 1.29 is 0 Å². The summed E-state index contributed by atoms with van der Waals surface area (Å²) in [6, 6.07) is 2.07. The monoisotopic (exact) mass is 289 g/mol. The summed E-state index contributed by atoms with van der Waals surface area (Å²) in [5, 5.41) is 10.9. The van der Waals surface area contributed by atoms with Crippen LogP contribution in [-0.2, 0) is 12.8 Å². The van der Waals surface area contributed by atoms with Crippen molar-refractivity contribution in [2.75, 3.05) is 0 Å². The van der Waals surface area contributed by atoms with Gasteiger partial charge >= 0.3 is 0 Å². The molecule has 3 nitrogen and oxygen atoms in total. The summed E-state index contributed by atoms with van der Waals surface area (Å²) < 4.78 is 3.10. The zero-order valence-corrected chi connectivity index (χ0v) is 10.7. The summed E-state index contributed by atoms with van der Waals surface area (Å²) in [5.41, 5.74) is 0. The van der Waals surface area contributed by atoms with Crippen molar-refractivity contribution in [1.82, 2.24) is 14.8 Å². The molecule has 0 aliphatic rings. The molecule has 14 heavy (non-hydrogen) atoms. The number of rotatable bonds is 3. The first-order valence-electron chi connectivity index (χ1n) is 3.96. The maximum atomic E-state index is 4.01. The Balaban J connectivity index is 2.02. The fourth-order valence-corrected chi connectivity index (χ4v) is 3.64. The number of halogens is 1. The van der Waals surface area contributed by atoms with Crippen LogP contribution in [0, 0.1) is 0 Å². The molecule has 0 saturated carbocycles. The van der Waals surface area contributed by atoms with E-state index in [0.29, 0.717) is 0 Å². The van der Waals surface area contributed by atoms with E-state index >= 15 is 0 Å². The number of aromatic nitrogens is 3. The van der Waals surface area contributed by atoms with E-state index in [4.69, 9.17) is 0 Å². The van der Waals surface area contributed by atoms with E-state index in [-0.39, 0.29) is 0 Å². The predicted octanol–water partition coefficient (Wildman–Crippen LogP) is 2.93. The van der Waals surface area contributed by atoms with Gasteiger partial charge in [-0.15, -0.1) is 21.5 Å². The molecule has 0 atom stereocenters. The van der Waals surface area contributed by atoms with Crippen LogP contribution in [0.3, 0.4) is 0 Å². The van der Waals surface area contributed by atoms with Gasteiger partial charge in [-0.3, -0.25) is 0 Å². The Morgan fingerprint density at radius 2 is 2.50 bits per heavy atom. The predicted molar refractivity (Wildman–Crippen MR) is 62.6 cm³/mol. The highest BCUT2D eigenvalue weighted by molar-refractivity contribution is 9.10. The molecule has 0 bridgehead atoms. The van der Waals surface area contributed by atoms with Crippen LogP contribution in [0.25, 0.3) is 0 Å². The zero-order valence-electron chi connectivity index (χ0n) is 7.48. The molecular formula is C8H8BrN3S2. The lowest BCUT2D eigenvalue weighted by Crippen LogP contribution is -1.88. The molecule has 0 saturated heterocycles. The molecule has 2 rings (SSSR count). The van der Waals surface area contributed by atoms with Crippen LogP contribution in [0.2, 0.25) is 0 Å². The van der Waals surface area contributed by atoms with Gasteiger partial charge in [0.2, 0.25) is 0 Å². The molecule has 2 aromatic heterocycles. The van der Waals surface area contributed by atoms with Gasteiger partial charge in [-0.1, -0.05) is 11.8 Å². The van der Waals surface area contributed by atoms with E-state index in [0.717, 1.165) is 10.9 Å². The van der Waals surface area contributed by atoms with E-state index in [9.17, 15) is 0 Å². The quantitative estimate of drug-likeness (QED) is 0.814. The van der Waals surface area contributed by atoms with Crippen LogP contribution in [-0.4, -0.2) is 14.8 Å². The number of aryl methyl sites for hydroxylation is 1. The second-order valence-corrected chi connectivity index (χ2v) is 5.50. The lowest BCUT2D eigenvalue weighted by Gasteiger charge is -1.98. The van der Waals surface area contributed by atoms with Gasteiger partial charge in [-0.05, 0) is 27.4 Å². The maximum absolute atomic E-state index is 4.01. The summed E-state index contributed by atoms with van der Waals surface area (Å²) in [7, 11) is 1.95. The third-order valence-corrected chi connectivity index (χ3v) is 4.86. The van der Waals surface area contributed by atoms with Gasteiger partial charge in [0.1, 0.15) is 6.33 Å². The molecule has 0 unspecified atom stereocenters. The zero-order chi connectivity index (χ0) is 9.97. The van der Waals surface area contributed by atoms with E-state index in [1.807, 2.05) is 11.6 Å². The Kier molecular flexibility index (Phi) is 3.25. The highest BCUT2D eigenvalue weighted by atomic mass is 79.9. The number of hydrogen-bond donors (Lipinski definition) is 0. The molecule has 2 aromatic rings. The topological polar surface area (TPSA) is 30.7 Å². The summed E-state index contributed by atoms with van der Waals surface area (Å²) in [6.07, 6.45) is 1.71. The minimum Gasteiger partial charge on any atom is -0.312 e. The molecule has 0 N–H and O–H groups in total. The smallest absolute Gasteiger partial charge is 0.191 e. The van der Waals surface area contributed by atoms with E-state index in [1.54, 1.807) is 29.4 Å². The molecule has 0 amide bonds. The van der Waals surface area contributed by atoms with Crippen LogP contribution in [0.5, 0.6) is 0 Å². The minimum atomic E-state index is 0.935. The molecule has 2 heterocycles. The molecule has 0 aliphatic carbocycles. The van der Waals surface area contributed by atoms with E-state index < -0.39 is 0 Å². The summed E-state index contributed by atoms with van der Waals surface area (Å²) in [4.78, 5) is 1.33.